The molecular weight excluding hydrogens is 401 g/mol. The zero-order valence-corrected chi connectivity index (χ0v) is 15.0. The van der Waals surface area contributed by atoms with Crippen LogP contribution < -0.4 is 5.56 Å². The average Bonchev–Trinajstić information content (AvgIpc) is 2.62. The Balaban J connectivity index is 2.46. The maximum Gasteiger partial charge on any atom is 0.433 e. The van der Waals surface area contributed by atoms with Gasteiger partial charge in [-0.05, 0) is 43.3 Å². The second kappa shape index (κ2) is 7.16. The highest BCUT2D eigenvalue weighted by molar-refractivity contribution is 6.30. The number of benzene rings is 1. The second-order valence-electron chi connectivity index (χ2n) is 5.63. The van der Waals surface area contributed by atoms with Crippen LogP contribution in [-0.4, -0.2) is 27.2 Å². The Labute approximate surface area is 160 Å². The lowest BCUT2D eigenvalue weighted by molar-refractivity contribution is -0.141. The molecule has 0 saturated heterocycles. The number of rotatable bonds is 3. The highest BCUT2D eigenvalue weighted by Crippen LogP contribution is 2.33. The Kier molecular flexibility index (Phi) is 5.03. The van der Waals surface area contributed by atoms with Crippen LogP contribution in [0.3, 0.4) is 0 Å². The number of hydrogen-bond acceptors (Lipinski definition) is 5. The van der Waals surface area contributed by atoms with Crippen LogP contribution in [0, 0.1) is 0 Å². The summed E-state index contributed by atoms with van der Waals surface area (Å²) in [5.74, 6) is -1.90. The third-order valence-corrected chi connectivity index (χ3v) is 4.10. The molecule has 0 radical (unpaired) electrons. The van der Waals surface area contributed by atoms with Gasteiger partial charge in [0, 0.05) is 5.02 Å². The minimum absolute atomic E-state index is 0.0675. The van der Waals surface area contributed by atoms with Gasteiger partial charge in [-0.15, -0.1) is 0 Å². The molecule has 0 bridgehead atoms. The van der Waals surface area contributed by atoms with Gasteiger partial charge in [0.15, 0.2) is 11.2 Å². The fraction of sp³-hybridized carbons (Fsp3) is 0.167. The molecule has 3 rings (SSSR count). The number of halogens is 4. The van der Waals surface area contributed by atoms with Crippen molar-refractivity contribution in [2.45, 2.75) is 13.1 Å². The number of carbonyl (C=O) groups excluding carboxylic acids is 1. The summed E-state index contributed by atoms with van der Waals surface area (Å²) < 4.78 is 44.9. The third-order valence-electron chi connectivity index (χ3n) is 3.85. The lowest BCUT2D eigenvalue weighted by Gasteiger charge is -2.15. The highest BCUT2D eigenvalue weighted by atomic mass is 35.5. The van der Waals surface area contributed by atoms with Gasteiger partial charge in [-0.25, -0.2) is 9.78 Å². The maximum absolute atomic E-state index is 13.1. The van der Waals surface area contributed by atoms with E-state index in [9.17, 15) is 27.9 Å². The van der Waals surface area contributed by atoms with Gasteiger partial charge < -0.3 is 9.84 Å². The van der Waals surface area contributed by atoms with Crippen LogP contribution in [-0.2, 0) is 10.9 Å². The van der Waals surface area contributed by atoms with E-state index in [2.05, 4.69) is 4.98 Å². The Bertz CT molecular complexity index is 1120. The van der Waals surface area contributed by atoms with Gasteiger partial charge >= 0.3 is 12.1 Å². The molecule has 6 nitrogen and oxygen atoms in total. The van der Waals surface area contributed by atoms with Gasteiger partial charge in [-0.3, -0.25) is 9.36 Å². The van der Waals surface area contributed by atoms with Crippen LogP contribution in [0.2, 0.25) is 5.02 Å². The predicted molar refractivity (Wildman–Crippen MR) is 95.0 cm³/mol. The first kappa shape index (κ1) is 19.7. The number of hydrogen-bond donors (Lipinski definition) is 1. The average molecular weight is 413 g/mol. The van der Waals surface area contributed by atoms with E-state index < -0.39 is 40.4 Å². The van der Waals surface area contributed by atoms with E-state index in [-0.39, 0.29) is 17.7 Å². The molecule has 2 heterocycles. The van der Waals surface area contributed by atoms with Crippen LogP contribution in [0.25, 0.3) is 16.7 Å². The number of esters is 1. The quantitative estimate of drug-likeness (QED) is 0.659. The Hall–Kier alpha value is -3.07. The molecule has 0 fully saturated rings. The van der Waals surface area contributed by atoms with Crippen molar-refractivity contribution in [3.05, 3.63) is 63.0 Å². The van der Waals surface area contributed by atoms with Crippen molar-refractivity contribution in [2.75, 3.05) is 6.61 Å². The molecule has 2 aromatic heterocycles. The fourth-order valence-corrected chi connectivity index (χ4v) is 2.75. The molecule has 28 heavy (non-hydrogen) atoms. The van der Waals surface area contributed by atoms with Crippen molar-refractivity contribution >= 4 is 28.6 Å². The van der Waals surface area contributed by atoms with Gasteiger partial charge in [0.25, 0.3) is 5.56 Å². The van der Waals surface area contributed by atoms with E-state index in [1.165, 1.54) is 31.2 Å². The van der Waals surface area contributed by atoms with Gasteiger partial charge in [-0.2, -0.15) is 13.2 Å². The number of carbonyl (C=O) groups is 1. The Morgan fingerprint density at radius 2 is 1.86 bits per heavy atom. The molecule has 0 aliphatic heterocycles. The Morgan fingerprint density at radius 1 is 1.21 bits per heavy atom. The number of aromatic hydroxyl groups is 1. The number of alkyl halides is 3. The maximum atomic E-state index is 13.1. The summed E-state index contributed by atoms with van der Waals surface area (Å²) in [6.45, 7) is 1.44. The standard InChI is InChI=1S/C18H12ClF3N2O4/c1-2-28-17(27)13-14(25)11-7-8-12(18(20,21)22)23-15(11)24(16(13)26)10-5-3-9(19)4-6-10/h3-8,25H,2H2,1H3. The van der Waals surface area contributed by atoms with Gasteiger partial charge in [0.05, 0.1) is 17.7 Å². The minimum Gasteiger partial charge on any atom is -0.506 e. The predicted octanol–water partition coefficient (Wildman–Crippen LogP) is 3.94. The molecule has 0 aliphatic carbocycles. The van der Waals surface area contributed by atoms with Crippen LogP contribution in [0.1, 0.15) is 23.0 Å². The van der Waals surface area contributed by atoms with E-state index in [0.717, 1.165) is 10.6 Å². The SMILES string of the molecule is CCOC(=O)c1c(O)c2ccc(C(F)(F)F)nc2n(-c2ccc(Cl)cc2)c1=O. The largest absolute Gasteiger partial charge is 0.506 e. The van der Waals surface area contributed by atoms with Gasteiger partial charge in [-0.1, -0.05) is 11.6 Å². The van der Waals surface area contributed by atoms with Crippen LogP contribution in [0.5, 0.6) is 5.75 Å². The number of pyridine rings is 2. The molecule has 0 spiro atoms. The number of nitrogens with zero attached hydrogens (tertiary/aromatic N) is 2. The first-order valence-electron chi connectivity index (χ1n) is 7.94. The molecule has 0 unspecified atom stereocenters. The molecule has 0 amide bonds. The van der Waals surface area contributed by atoms with Crippen molar-refractivity contribution < 1.29 is 27.8 Å². The molecule has 10 heteroatoms. The monoisotopic (exact) mass is 412 g/mol. The third kappa shape index (κ3) is 3.40. The summed E-state index contributed by atoms with van der Waals surface area (Å²) in [7, 11) is 0. The normalized spacial score (nSPS) is 11.6. The molecule has 146 valence electrons. The van der Waals surface area contributed by atoms with Crippen molar-refractivity contribution in [3.63, 3.8) is 0 Å². The minimum atomic E-state index is -4.77. The van der Waals surface area contributed by atoms with Crippen LogP contribution in [0.4, 0.5) is 13.2 Å². The fourth-order valence-electron chi connectivity index (χ4n) is 2.62. The molecule has 1 N–H and O–H groups in total. The van der Waals surface area contributed by atoms with Crippen molar-refractivity contribution in [3.8, 4) is 11.4 Å². The summed E-state index contributed by atoms with van der Waals surface area (Å²) in [4.78, 5) is 28.6. The lowest BCUT2D eigenvalue weighted by Crippen LogP contribution is -2.28. The van der Waals surface area contributed by atoms with Crippen LogP contribution >= 0.6 is 11.6 Å². The Morgan fingerprint density at radius 3 is 2.43 bits per heavy atom. The smallest absolute Gasteiger partial charge is 0.433 e. The van der Waals surface area contributed by atoms with Crippen LogP contribution in [0.15, 0.2) is 41.2 Å². The molecule has 1 aromatic carbocycles. The molecule has 0 aliphatic rings. The van der Waals surface area contributed by atoms with E-state index in [1.807, 2.05) is 0 Å². The van der Waals surface area contributed by atoms with E-state index in [4.69, 9.17) is 16.3 Å². The molecule has 3 aromatic rings. The number of aromatic nitrogens is 2. The first-order valence-corrected chi connectivity index (χ1v) is 8.32. The summed E-state index contributed by atoms with van der Waals surface area (Å²) in [6, 6.07) is 7.16. The van der Waals surface area contributed by atoms with E-state index in [0.29, 0.717) is 11.1 Å². The summed E-state index contributed by atoms with van der Waals surface area (Å²) in [5.41, 5.74) is -3.39. The van der Waals surface area contributed by atoms with Gasteiger partial charge in [0.2, 0.25) is 0 Å². The summed E-state index contributed by atoms with van der Waals surface area (Å²) >= 11 is 5.82. The second-order valence-corrected chi connectivity index (χ2v) is 6.06. The lowest BCUT2D eigenvalue weighted by atomic mass is 10.1. The topological polar surface area (TPSA) is 81.4 Å². The molecule has 0 saturated carbocycles. The molecule has 0 atom stereocenters. The summed E-state index contributed by atoms with van der Waals surface area (Å²) in [5, 5.41) is 10.5. The van der Waals surface area contributed by atoms with Crippen molar-refractivity contribution in [2.24, 2.45) is 0 Å². The summed E-state index contributed by atoms with van der Waals surface area (Å²) in [6.07, 6.45) is -4.77. The van der Waals surface area contributed by atoms with Crippen molar-refractivity contribution in [1.29, 1.82) is 0 Å². The van der Waals surface area contributed by atoms with E-state index in [1.54, 1.807) is 0 Å². The zero-order chi connectivity index (χ0) is 20.6. The zero-order valence-electron chi connectivity index (χ0n) is 14.2. The number of ether oxygens (including phenoxy) is 1. The first-order chi connectivity index (χ1) is 13.1. The molecular formula is C18H12ClF3N2O4. The highest BCUT2D eigenvalue weighted by Gasteiger charge is 2.34. The van der Waals surface area contributed by atoms with Crippen molar-refractivity contribution in [1.82, 2.24) is 9.55 Å². The van der Waals surface area contributed by atoms with E-state index >= 15 is 0 Å². The van der Waals surface area contributed by atoms with Gasteiger partial charge in [0.1, 0.15) is 11.4 Å². The number of fused-ring (bicyclic) bond motifs is 1.